The van der Waals surface area contributed by atoms with Crippen LogP contribution in [0, 0.1) is 0 Å². The Hall–Kier alpha value is -2.34. The van der Waals surface area contributed by atoms with Crippen LogP contribution in [0.3, 0.4) is 0 Å². The number of carbonyl (C=O) groups excluding carboxylic acids is 2. The summed E-state index contributed by atoms with van der Waals surface area (Å²) in [4.78, 5) is 27.8. The van der Waals surface area contributed by atoms with Crippen LogP contribution in [-0.2, 0) is 9.59 Å². The minimum atomic E-state index is -0.0152. The molecule has 24 heavy (non-hydrogen) atoms. The highest BCUT2D eigenvalue weighted by Crippen LogP contribution is 2.18. The third-order valence-corrected chi connectivity index (χ3v) is 3.97. The van der Waals surface area contributed by atoms with Crippen molar-refractivity contribution in [3.8, 4) is 5.75 Å². The second-order valence-corrected chi connectivity index (χ2v) is 5.63. The number of carbonyl (C=O) groups is 2. The Morgan fingerprint density at radius 1 is 1.21 bits per heavy atom. The predicted octanol–water partition coefficient (Wildman–Crippen LogP) is 0.989. The van der Waals surface area contributed by atoms with Gasteiger partial charge in [0.05, 0.1) is 13.7 Å². The first kappa shape index (κ1) is 18.0. The molecule has 0 aliphatic carbocycles. The fourth-order valence-electron chi connectivity index (χ4n) is 2.65. The summed E-state index contributed by atoms with van der Waals surface area (Å²) in [5, 5.41) is 2.79. The Morgan fingerprint density at radius 3 is 2.58 bits per heavy atom. The molecule has 1 aliphatic heterocycles. The van der Waals surface area contributed by atoms with Gasteiger partial charge in [0.25, 0.3) is 0 Å². The number of hydrogen-bond donors (Lipinski definition) is 1. The Labute approximate surface area is 143 Å². The van der Waals surface area contributed by atoms with Gasteiger partial charge < -0.3 is 15.0 Å². The fraction of sp³-hybridized carbons (Fsp3) is 0.444. The summed E-state index contributed by atoms with van der Waals surface area (Å²) in [6.07, 6.45) is 3.36. The highest BCUT2D eigenvalue weighted by atomic mass is 16.5. The quantitative estimate of drug-likeness (QED) is 0.790. The molecule has 6 heteroatoms. The van der Waals surface area contributed by atoms with Crippen molar-refractivity contribution in [1.82, 2.24) is 15.1 Å². The molecule has 1 fully saturated rings. The lowest BCUT2D eigenvalue weighted by atomic mass is 10.2. The first-order valence-corrected chi connectivity index (χ1v) is 8.23. The van der Waals surface area contributed by atoms with Gasteiger partial charge in [0.1, 0.15) is 5.75 Å². The molecule has 0 aromatic heterocycles. The molecule has 0 unspecified atom stereocenters. The molecular weight excluding hydrogens is 306 g/mol. The number of methoxy groups -OCH3 is 1. The lowest BCUT2D eigenvalue weighted by Crippen LogP contribution is -2.50. The first-order valence-electron chi connectivity index (χ1n) is 8.23. The third-order valence-electron chi connectivity index (χ3n) is 3.97. The minimum Gasteiger partial charge on any atom is -0.496 e. The number of para-hydroxylation sites is 1. The van der Waals surface area contributed by atoms with Crippen molar-refractivity contribution in [3.63, 3.8) is 0 Å². The van der Waals surface area contributed by atoms with Gasteiger partial charge in [-0.15, -0.1) is 0 Å². The van der Waals surface area contributed by atoms with Crippen LogP contribution >= 0.6 is 0 Å². The zero-order chi connectivity index (χ0) is 17.4. The third kappa shape index (κ3) is 5.09. The molecule has 0 radical (unpaired) electrons. The standard InChI is InChI=1S/C18H25N3O3/c1-3-19-17(22)14-20-10-12-21(13-11-20)18(23)9-8-15-6-4-5-7-16(15)24-2/h4-9H,3,10-14H2,1-2H3,(H,19,22)/b9-8+. The molecule has 1 aromatic rings. The molecular formula is C18H25N3O3. The zero-order valence-corrected chi connectivity index (χ0v) is 14.3. The smallest absolute Gasteiger partial charge is 0.246 e. The largest absolute Gasteiger partial charge is 0.496 e. The number of benzene rings is 1. The molecule has 2 rings (SSSR count). The molecule has 1 aromatic carbocycles. The van der Waals surface area contributed by atoms with Gasteiger partial charge in [0.15, 0.2) is 0 Å². The summed E-state index contributed by atoms with van der Waals surface area (Å²) in [5.41, 5.74) is 0.878. The molecule has 0 atom stereocenters. The summed E-state index contributed by atoms with van der Waals surface area (Å²) >= 11 is 0. The van der Waals surface area contributed by atoms with E-state index in [4.69, 9.17) is 4.74 Å². The van der Waals surface area contributed by atoms with E-state index in [9.17, 15) is 9.59 Å². The van der Waals surface area contributed by atoms with Crippen molar-refractivity contribution in [1.29, 1.82) is 0 Å². The van der Waals surface area contributed by atoms with Crippen LogP contribution in [0.2, 0.25) is 0 Å². The van der Waals surface area contributed by atoms with Gasteiger partial charge >= 0.3 is 0 Å². The van der Waals surface area contributed by atoms with Crippen LogP contribution in [0.4, 0.5) is 0 Å². The number of piperazine rings is 1. The summed E-state index contributed by atoms with van der Waals surface area (Å²) in [7, 11) is 1.61. The van der Waals surface area contributed by atoms with E-state index in [1.807, 2.05) is 31.2 Å². The monoisotopic (exact) mass is 331 g/mol. The lowest BCUT2D eigenvalue weighted by molar-refractivity contribution is -0.128. The maximum Gasteiger partial charge on any atom is 0.246 e. The van der Waals surface area contributed by atoms with E-state index >= 15 is 0 Å². The number of nitrogens with zero attached hydrogens (tertiary/aromatic N) is 2. The van der Waals surface area contributed by atoms with Gasteiger partial charge in [-0.25, -0.2) is 0 Å². The molecule has 0 spiro atoms. The molecule has 1 saturated heterocycles. The summed E-state index contributed by atoms with van der Waals surface area (Å²) in [6, 6.07) is 7.58. The number of amides is 2. The molecule has 0 bridgehead atoms. The van der Waals surface area contributed by atoms with E-state index in [0.717, 1.165) is 11.3 Å². The average molecular weight is 331 g/mol. The minimum absolute atomic E-state index is 0.0152. The SMILES string of the molecule is CCNC(=O)CN1CCN(C(=O)/C=C/c2ccccc2OC)CC1. The highest BCUT2D eigenvalue weighted by Gasteiger charge is 2.20. The summed E-state index contributed by atoms with van der Waals surface area (Å²) in [6.45, 7) is 5.64. The molecule has 6 nitrogen and oxygen atoms in total. The van der Waals surface area contributed by atoms with Gasteiger partial charge in [-0.05, 0) is 19.1 Å². The van der Waals surface area contributed by atoms with Crippen molar-refractivity contribution < 1.29 is 14.3 Å². The van der Waals surface area contributed by atoms with E-state index in [1.165, 1.54) is 0 Å². The normalized spacial score (nSPS) is 15.5. The maximum atomic E-state index is 12.3. The highest BCUT2D eigenvalue weighted by molar-refractivity contribution is 5.92. The Balaban J connectivity index is 1.84. The molecule has 1 aliphatic rings. The van der Waals surface area contributed by atoms with Crippen LogP contribution in [0.5, 0.6) is 5.75 Å². The molecule has 1 N–H and O–H groups in total. The topological polar surface area (TPSA) is 61.9 Å². The van der Waals surface area contributed by atoms with Crippen molar-refractivity contribution in [3.05, 3.63) is 35.9 Å². The van der Waals surface area contributed by atoms with Crippen LogP contribution in [0.15, 0.2) is 30.3 Å². The second kappa shape index (κ2) is 9.08. The molecule has 0 saturated carbocycles. The van der Waals surface area contributed by atoms with Crippen molar-refractivity contribution >= 4 is 17.9 Å². The summed E-state index contributed by atoms with van der Waals surface area (Å²) in [5.74, 6) is 0.764. The first-order chi connectivity index (χ1) is 11.6. The average Bonchev–Trinajstić information content (AvgIpc) is 2.60. The second-order valence-electron chi connectivity index (χ2n) is 5.63. The molecule has 2 amide bonds. The maximum absolute atomic E-state index is 12.3. The van der Waals surface area contributed by atoms with Crippen molar-refractivity contribution in [2.24, 2.45) is 0 Å². The number of nitrogens with one attached hydrogen (secondary N) is 1. The van der Waals surface area contributed by atoms with Crippen molar-refractivity contribution in [2.45, 2.75) is 6.92 Å². The summed E-state index contributed by atoms with van der Waals surface area (Å²) < 4.78 is 5.27. The number of hydrogen-bond acceptors (Lipinski definition) is 4. The number of likely N-dealkylation sites (N-methyl/N-ethyl adjacent to an activating group) is 1. The molecule has 1 heterocycles. The van der Waals surface area contributed by atoms with Gasteiger partial charge in [0, 0.05) is 44.4 Å². The Bertz CT molecular complexity index is 593. The van der Waals surface area contributed by atoms with Gasteiger partial charge in [-0.1, -0.05) is 18.2 Å². The van der Waals surface area contributed by atoms with Crippen LogP contribution in [0.1, 0.15) is 12.5 Å². The van der Waals surface area contributed by atoms with Crippen LogP contribution in [-0.4, -0.2) is 68.0 Å². The van der Waals surface area contributed by atoms with Crippen LogP contribution in [0.25, 0.3) is 6.08 Å². The van der Waals surface area contributed by atoms with Gasteiger partial charge in [0.2, 0.25) is 11.8 Å². The Morgan fingerprint density at radius 2 is 1.92 bits per heavy atom. The van der Waals surface area contributed by atoms with Crippen LogP contribution < -0.4 is 10.1 Å². The van der Waals surface area contributed by atoms with Gasteiger partial charge in [-0.3, -0.25) is 14.5 Å². The van der Waals surface area contributed by atoms with E-state index in [-0.39, 0.29) is 11.8 Å². The number of ether oxygens (including phenoxy) is 1. The predicted molar refractivity (Wildman–Crippen MR) is 93.7 cm³/mol. The Kier molecular flexibility index (Phi) is 6.81. The van der Waals surface area contributed by atoms with Gasteiger partial charge in [-0.2, -0.15) is 0 Å². The fourth-order valence-corrected chi connectivity index (χ4v) is 2.65. The van der Waals surface area contributed by atoms with E-state index in [2.05, 4.69) is 10.2 Å². The zero-order valence-electron chi connectivity index (χ0n) is 14.3. The van der Waals surface area contributed by atoms with E-state index in [0.29, 0.717) is 39.3 Å². The lowest BCUT2D eigenvalue weighted by Gasteiger charge is -2.33. The molecule has 130 valence electrons. The van der Waals surface area contributed by atoms with E-state index in [1.54, 1.807) is 24.2 Å². The number of rotatable bonds is 6. The van der Waals surface area contributed by atoms with Crippen molar-refractivity contribution in [2.75, 3.05) is 46.4 Å². The van der Waals surface area contributed by atoms with E-state index < -0.39 is 0 Å².